The molecule has 0 fully saturated rings. The Kier molecular flexibility index (Phi) is 6.04. The number of pyridine rings is 1. The van der Waals surface area contributed by atoms with Crippen LogP contribution >= 0.6 is 0 Å². The van der Waals surface area contributed by atoms with E-state index in [-0.39, 0.29) is 11.4 Å². The molecule has 1 rings (SSSR count). The first-order chi connectivity index (χ1) is 9.10. The van der Waals surface area contributed by atoms with Crippen LogP contribution < -0.4 is 10.6 Å². The lowest BCUT2D eigenvalue weighted by atomic mass is 10.2. The van der Waals surface area contributed by atoms with Crippen molar-refractivity contribution in [2.45, 2.75) is 0 Å². The minimum Gasteiger partial charge on any atom is -0.478 e. The zero-order chi connectivity index (χ0) is 14.3. The average molecular weight is 269 g/mol. The second-order valence-electron chi connectivity index (χ2n) is 3.90. The van der Waals surface area contributed by atoms with Crippen molar-refractivity contribution in [2.24, 2.45) is 0 Å². The molecule has 0 spiro atoms. The number of carboxylic acid groups (broad SMARTS) is 1. The number of rotatable bonds is 8. The molecule has 1 aromatic rings. The highest BCUT2D eigenvalue weighted by Gasteiger charge is 2.17. The number of aromatic nitrogens is 1. The average Bonchev–Trinajstić information content (AvgIpc) is 2.39. The van der Waals surface area contributed by atoms with Gasteiger partial charge in [-0.15, -0.1) is 0 Å². The van der Waals surface area contributed by atoms with E-state index < -0.39 is 5.97 Å². The second-order valence-corrected chi connectivity index (χ2v) is 3.90. The van der Waals surface area contributed by atoms with E-state index in [1.54, 1.807) is 14.2 Å². The van der Waals surface area contributed by atoms with E-state index in [2.05, 4.69) is 4.98 Å². The predicted octanol–water partition coefficient (Wildman–Crippen LogP) is 0.461. The van der Waals surface area contributed by atoms with E-state index in [1.807, 2.05) is 4.90 Å². The first kappa shape index (κ1) is 15.2. The van der Waals surface area contributed by atoms with Crippen LogP contribution in [0.25, 0.3) is 0 Å². The maximum absolute atomic E-state index is 11.3. The molecule has 1 aromatic heterocycles. The molecule has 0 aliphatic rings. The van der Waals surface area contributed by atoms with E-state index in [0.717, 1.165) is 0 Å². The van der Waals surface area contributed by atoms with Gasteiger partial charge in [0.05, 0.1) is 30.7 Å². The predicted molar refractivity (Wildman–Crippen MR) is 71.6 cm³/mol. The molecule has 0 amide bonds. The zero-order valence-electron chi connectivity index (χ0n) is 11.1. The quantitative estimate of drug-likeness (QED) is 0.707. The van der Waals surface area contributed by atoms with Gasteiger partial charge in [-0.05, 0) is 6.07 Å². The van der Waals surface area contributed by atoms with E-state index in [0.29, 0.717) is 32.0 Å². The highest BCUT2D eigenvalue weighted by molar-refractivity contribution is 5.95. The number of methoxy groups -OCH3 is 2. The molecule has 0 saturated carbocycles. The minimum atomic E-state index is -1.04. The first-order valence-electron chi connectivity index (χ1n) is 5.81. The maximum atomic E-state index is 11.3. The fraction of sp³-hybridized carbons (Fsp3) is 0.500. The molecular formula is C12H19N3O4. The van der Waals surface area contributed by atoms with Crippen molar-refractivity contribution in [2.75, 3.05) is 51.2 Å². The number of nitrogens with zero attached hydrogens (tertiary/aromatic N) is 2. The van der Waals surface area contributed by atoms with Gasteiger partial charge in [0.25, 0.3) is 0 Å². The number of anilines is 2. The topological polar surface area (TPSA) is 97.9 Å². The molecule has 0 radical (unpaired) electrons. The van der Waals surface area contributed by atoms with Crippen LogP contribution in [0.1, 0.15) is 10.4 Å². The van der Waals surface area contributed by atoms with Crippen LogP contribution in [0.2, 0.25) is 0 Å². The van der Waals surface area contributed by atoms with Crippen molar-refractivity contribution >= 4 is 17.5 Å². The lowest BCUT2D eigenvalue weighted by molar-refractivity contribution is 0.0697. The summed E-state index contributed by atoms with van der Waals surface area (Å²) in [6.07, 6.45) is 1.46. The Hall–Kier alpha value is -1.86. The number of nitrogens with two attached hydrogens (primary N) is 1. The monoisotopic (exact) mass is 269 g/mol. The molecule has 106 valence electrons. The van der Waals surface area contributed by atoms with Crippen LogP contribution in [-0.2, 0) is 9.47 Å². The number of nitrogen functional groups attached to an aromatic ring is 1. The summed E-state index contributed by atoms with van der Waals surface area (Å²) in [5, 5.41) is 9.22. The summed E-state index contributed by atoms with van der Waals surface area (Å²) in [6.45, 7) is 2.05. The van der Waals surface area contributed by atoms with Gasteiger partial charge in [0.1, 0.15) is 5.82 Å². The first-order valence-corrected chi connectivity index (χ1v) is 5.81. The summed E-state index contributed by atoms with van der Waals surface area (Å²) >= 11 is 0. The van der Waals surface area contributed by atoms with Gasteiger partial charge in [-0.3, -0.25) is 0 Å². The van der Waals surface area contributed by atoms with E-state index in [1.165, 1.54) is 12.3 Å². The summed E-state index contributed by atoms with van der Waals surface area (Å²) in [4.78, 5) is 17.1. The smallest absolute Gasteiger partial charge is 0.338 e. The Morgan fingerprint density at radius 2 is 1.95 bits per heavy atom. The minimum absolute atomic E-state index is 0.125. The number of hydrogen-bond donors (Lipinski definition) is 2. The molecule has 0 aromatic carbocycles. The van der Waals surface area contributed by atoms with Crippen LogP contribution in [0.5, 0.6) is 0 Å². The number of carbonyl (C=O) groups is 1. The summed E-state index contributed by atoms with van der Waals surface area (Å²) in [5.74, 6) is -0.858. The molecule has 19 heavy (non-hydrogen) atoms. The largest absolute Gasteiger partial charge is 0.478 e. The summed E-state index contributed by atoms with van der Waals surface area (Å²) < 4.78 is 10.0. The Balaban J connectivity index is 3.02. The summed E-state index contributed by atoms with van der Waals surface area (Å²) in [7, 11) is 3.18. The van der Waals surface area contributed by atoms with E-state index >= 15 is 0 Å². The number of carboxylic acids is 1. The molecule has 0 unspecified atom stereocenters. The van der Waals surface area contributed by atoms with Crippen LogP contribution in [0.15, 0.2) is 12.3 Å². The van der Waals surface area contributed by atoms with Crippen molar-refractivity contribution in [1.82, 2.24) is 4.98 Å². The highest BCUT2D eigenvalue weighted by Crippen LogP contribution is 2.21. The van der Waals surface area contributed by atoms with Crippen molar-refractivity contribution in [3.05, 3.63) is 17.8 Å². The van der Waals surface area contributed by atoms with Gasteiger partial charge in [-0.1, -0.05) is 0 Å². The Bertz CT molecular complexity index is 417. The third-order valence-electron chi connectivity index (χ3n) is 2.61. The maximum Gasteiger partial charge on any atom is 0.338 e. The third kappa shape index (κ3) is 4.38. The fourth-order valence-corrected chi connectivity index (χ4v) is 1.64. The van der Waals surface area contributed by atoms with Gasteiger partial charge in [0, 0.05) is 27.3 Å². The third-order valence-corrected chi connectivity index (χ3v) is 2.61. The molecule has 7 heteroatoms. The molecule has 7 nitrogen and oxygen atoms in total. The Morgan fingerprint density at radius 3 is 2.42 bits per heavy atom. The van der Waals surface area contributed by atoms with Gasteiger partial charge >= 0.3 is 5.97 Å². The van der Waals surface area contributed by atoms with Crippen LogP contribution in [0, 0.1) is 0 Å². The summed E-state index contributed by atoms with van der Waals surface area (Å²) in [6, 6.07) is 1.35. The van der Waals surface area contributed by atoms with Crippen LogP contribution in [-0.4, -0.2) is 56.6 Å². The molecule has 0 bridgehead atoms. The lowest BCUT2D eigenvalue weighted by Gasteiger charge is -2.25. The normalized spacial score (nSPS) is 10.4. The number of ether oxygens (including phenoxy) is 2. The molecule has 0 saturated heterocycles. The number of hydrogen-bond acceptors (Lipinski definition) is 6. The lowest BCUT2D eigenvalue weighted by Crippen LogP contribution is -2.32. The molecule has 0 atom stereocenters. The van der Waals surface area contributed by atoms with E-state index in [4.69, 9.17) is 15.2 Å². The van der Waals surface area contributed by atoms with E-state index in [9.17, 15) is 9.90 Å². The van der Waals surface area contributed by atoms with Crippen molar-refractivity contribution in [3.63, 3.8) is 0 Å². The fourth-order valence-electron chi connectivity index (χ4n) is 1.64. The van der Waals surface area contributed by atoms with Gasteiger partial charge in [0.2, 0.25) is 0 Å². The molecular weight excluding hydrogens is 250 g/mol. The zero-order valence-corrected chi connectivity index (χ0v) is 11.1. The summed E-state index contributed by atoms with van der Waals surface area (Å²) in [5.41, 5.74) is 6.16. The molecule has 1 heterocycles. The number of aromatic carboxylic acids is 1. The van der Waals surface area contributed by atoms with Crippen LogP contribution in [0.3, 0.4) is 0 Å². The van der Waals surface area contributed by atoms with Gasteiger partial charge in [-0.2, -0.15) is 0 Å². The van der Waals surface area contributed by atoms with Gasteiger partial charge < -0.3 is 25.2 Å². The van der Waals surface area contributed by atoms with Crippen molar-refractivity contribution < 1.29 is 19.4 Å². The highest BCUT2D eigenvalue weighted by atomic mass is 16.5. The molecule has 0 aliphatic heterocycles. The Labute approximate surface area is 111 Å². The second kappa shape index (κ2) is 7.55. The standard InChI is InChI=1S/C12H19N3O4/c1-18-5-3-15(4-6-19-2)10-8-14-11(13)7-9(10)12(16)17/h7-8H,3-6H2,1-2H3,(H2,13,14)(H,16,17). The molecule has 0 aliphatic carbocycles. The van der Waals surface area contributed by atoms with Gasteiger partial charge in [0.15, 0.2) is 0 Å². The van der Waals surface area contributed by atoms with Gasteiger partial charge in [-0.25, -0.2) is 9.78 Å². The molecule has 3 N–H and O–H groups in total. The van der Waals surface area contributed by atoms with Crippen molar-refractivity contribution in [3.8, 4) is 0 Å². The SMILES string of the molecule is COCCN(CCOC)c1cnc(N)cc1C(=O)O. The van der Waals surface area contributed by atoms with Crippen molar-refractivity contribution in [1.29, 1.82) is 0 Å². The van der Waals surface area contributed by atoms with Crippen LogP contribution in [0.4, 0.5) is 11.5 Å². The Morgan fingerprint density at radius 1 is 1.37 bits per heavy atom.